The fraction of sp³-hybridized carbons (Fsp3) is 0.500. The first kappa shape index (κ1) is 16.1. The molecule has 19 heavy (non-hydrogen) atoms. The van der Waals surface area contributed by atoms with Crippen LogP contribution in [-0.4, -0.2) is 35.4 Å². The van der Waals surface area contributed by atoms with Gasteiger partial charge in [-0.1, -0.05) is 12.1 Å². The lowest BCUT2D eigenvalue weighted by Gasteiger charge is -2.05. The first-order chi connectivity index (χ1) is 8.71. The van der Waals surface area contributed by atoms with E-state index in [9.17, 15) is 16.8 Å². The summed E-state index contributed by atoms with van der Waals surface area (Å²) in [6.07, 6.45) is 2.01. The third kappa shape index (κ3) is 6.17. The van der Waals surface area contributed by atoms with E-state index in [0.717, 1.165) is 11.8 Å². The Kier molecular flexibility index (Phi) is 5.51. The van der Waals surface area contributed by atoms with Crippen LogP contribution in [0, 0.1) is 6.92 Å². The Morgan fingerprint density at radius 3 is 2.37 bits per heavy atom. The molecule has 7 heteroatoms. The highest BCUT2D eigenvalue weighted by Gasteiger charge is 2.13. The summed E-state index contributed by atoms with van der Waals surface area (Å²) in [4.78, 5) is 0.323. The summed E-state index contributed by atoms with van der Waals surface area (Å²) in [6.45, 7) is 2.11. The van der Waals surface area contributed by atoms with E-state index >= 15 is 0 Å². The van der Waals surface area contributed by atoms with Gasteiger partial charge in [0, 0.05) is 6.54 Å². The number of nitrogens with one attached hydrogen (secondary N) is 1. The van der Waals surface area contributed by atoms with Gasteiger partial charge in [-0.15, -0.1) is 0 Å². The molecule has 0 aliphatic rings. The standard InChI is InChI=1S/C12H19NO4S2/c1-11-6-5-7-12(10-11)19(16,17)9-4-3-8-13-18(2,14)15/h5-7,10,13H,3-4,8-9H2,1-2H3. The van der Waals surface area contributed by atoms with Crippen molar-refractivity contribution in [3.05, 3.63) is 29.8 Å². The van der Waals surface area contributed by atoms with Gasteiger partial charge in [0.1, 0.15) is 0 Å². The maximum atomic E-state index is 12.0. The van der Waals surface area contributed by atoms with Gasteiger partial charge in [0.15, 0.2) is 9.84 Å². The van der Waals surface area contributed by atoms with Gasteiger partial charge in [-0.2, -0.15) is 0 Å². The van der Waals surface area contributed by atoms with Crippen LogP contribution >= 0.6 is 0 Å². The number of hydrogen-bond acceptors (Lipinski definition) is 4. The van der Waals surface area contributed by atoms with Crippen LogP contribution in [-0.2, 0) is 19.9 Å². The summed E-state index contributed by atoms with van der Waals surface area (Å²) in [6, 6.07) is 6.78. The van der Waals surface area contributed by atoms with Crippen LogP contribution in [0.2, 0.25) is 0 Å². The predicted octanol–water partition coefficient (Wildman–Crippen LogP) is 1.10. The van der Waals surface area contributed by atoms with E-state index in [2.05, 4.69) is 4.72 Å². The maximum absolute atomic E-state index is 12.0. The average molecular weight is 305 g/mol. The van der Waals surface area contributed by atoms with Gasteiger partial charge in [-0.05, 0) is 37.5 Å². The van der Waals surface area contributed by atoms with Crippen LogP contribution in [0.1, 0.15) is 18.4 Å². The Morgan fingerprint density at radius 1 is 1.11 bits per heavy atom. The van der Waals surface area contributed by atoms with Crippen molar-refractivity contribution in [1.29, 1.82) is 0 Å². The second kappa shape index (κ2) is 6.49. The van der Waals surface area contributed by atoms with Crippen LogP contribution in [0.3, 0.4) is 0 Å². The summed E-state index contributed by atoms with van der Waals surface area (Å²) in [5.74, 6) is 0.0297. The van der Waals surface area contributed by atoms with Gasteiger partial charge in [0.2, 0.25) is 10.0 Å². The maximum Gasteiger partial charge on any atom is 0.208 e. The van der Waals surface area contributed by atoms with Gasteiger partial charge in [-0.3, -0.25) is 0 Å². The quantitative estimate of drug-likeness (QED) is 0.765. The molecular weight excluding hydrogens is 286 g/mol. The SMILES string of the molecule is Cc1cccc(S(=O)(=O)CCCCNS(C)(=O)=O)c1. The van der Waals surface area contributed by atoms with Gasteiger partial charge in [-0.25, -0.2) is 21.6 Å². The molecule has 0 aliphatic heterocycles. The molecule has 0 unspecified atom stereocenters. The van der Waals surface area contributed by atoms with Crippen molar-refractivity contribution >= 4 is 19.9 Å². The van der Waals surface area contributed by atoms with Crippen molar-refractivity contribution in [1.82, 2.24) is 4.72 Å². The van der Waals surface area contributed by atoms with E-state index in [1.807, 2.05) is 13.0 Å². The predicted molar refractivity (Wildman–Crippen MR) is 75.3 cm³/mol. The van der Waals surface area contributed by atoms with E-state index < -0.39 is 19.9 Å². The molecule has 0 spiro atoms. The fourth-order valence-electron chi connectivity index (χ4n) is 1.60. The summed E-state index contributed by atoms with van der Waals surface area (Å²) >= 11 is 0. The van der Waals surface area contributed by atoms with E-state index in [-0.39, 0.29) is 12.3 Å². The highest BCUT2D eigenvalue weighted by Crippen LogP contribution is 2.14. The smallest absolute Gasteiger partial charge is 0.208 e. The van der Waals surface area contributed by atoms with Crippen molar-refractivity contribution in [2.75, 3.05) is 18.6 Å². The van der Waals surface area contributed by atoms with Crippen molar-refractivity contribution in [3.8, 4) is 0 Å². The van der Waals surface area contributed by atoms with Crippen LogP contribution < -0.4 is 4.72 Å². The third-order valence-electron chi connectivity index (χ3n) is 2.55. The molecule has 0 bridgehead atoms. The van der Waals surface area contributed by atoms with Crippen LogP contribution in [0.15, 0.2) is 29.2 Å². The molecule has 0 atom stereocenters. The van der Waals surface area contributed by atoms with Crippen LogP contribution in [0.25, 0.3) is 0 Å². The van der Waals surface area contributed by atoms with E-state index in [1.54, 1.807) is 18.2 Å². The fourth-order valence-corrected chi connectivity index (χ4v) is 3.59. The Hall–Kier alpha value is -0.920. The van der Waals surface area contributed by atoms with Crippen molar-refractivity contribution in [2.24, 2.45) is 0 Å². The zero-order chi connectivity index (χ0) is 14.5. The van der Waals surface area contributed by atoms with Crippen LogP contribution in [0.4, 0.5) is 0 Å². The minimum atomic E-state index is -3.28. The highest BCUT2D eigenvalue weighted by atomic mass is 32.2. The zero-order valence-corrected chi connectivity index (χ0v) is 12.7. The van der Waals surface area contributed by atoms with Crippen molar-refractivity contribution < 1.29 is 16.8 Å². The lowest BCUT2D eigenvalue weighted by molar-refractivity contribution is 0.582. The molecule has 0 amide bonds. The molecule has 1 aromatic rings. The van der Waals surface area contributed by atoms with Gasteiger partial charge in [0.05, 0.1) is 16.9 Å². The minimum Gasteiger partial charge on any atom is -0.224 e. The van der Waals surface area contributed by atoms with Gasteiger partial charge < -0.3 is 0 Å². The van der Waals surface area contributed by atoms with Gasteiger partial charge in [0.25, 0.3) is 0 Å². The average Bonchev–Trinajstić information content (AvgIpc) is 2.27. The summed E-state index contributed by atoms with van der Waals surface area (Å²) in [7, 11) is -6.47. The lowest BCUT2D eigenvalue weighted by atomic mass is 10.2. The second-order valence-corrected chi connectivity index (χ2v) is 8.45. The first-order valence-corrected chi connectivity index (χ1v) is 9.49. The van der Waals surface area contributed by atoms with E-state index in [1.165, 1.54) is 0 Å². The molecule has 0 saturated heterocycles. The zero-order valence-electron chi connectivity index (χ0n) is 11.1. The number of benzene rings is 1. The molecule has 1 rings (SSSR count). The van der Waals surface area contributed by atoms with Crippen LogP contribution in [0.5, 0.6) is 0 Å². The normalized spacial score (nSPS) is 12.5. The van der Waals surface area contributed by atoms with E-state index in [4.69, 9.17) is 0 Å². The number of sulfone groups is 1. The molecule has 0 radical (unpaired) electrons. The topological polar surface area (TPSA) is 80.3 Å². The molecule has 0 aromatic heterocycles. The summed E-state index contributed by atoms with van der Waals surface area (Å²) in [5.41, 5.74) is 0.903. The molecular formula is C12H19NO4S2. The van der Waals surface area contributed by atoms with Crippen molar-refractivity contribution in [2.45, 2.75) is 24.7 Å². The van der Waals surface area contributed by atoms with Crippen molar-refractivity contribution in [3.63, 3.8) is 0 Å². The number of rotatable bonds is 7. The molecule has 0 saturated carbocycles. The molecule has 108 valence electrons. The molecule has 0 fully saturated rings. The Labute approximate surface area is 115 Å². The Balaban J connectivity index is 2.48. The van der Waals surface area contributed by atoms with E-state index in [0.29, 0.717) is 17.7 Å². The Morgan fingerprint density at radius 2 is 1.79 bits per heavy atom. The number of unbranched alkanes of at least 4 members (excludes halogenated alkanes) is 1. The molecule has 0 aliphatic carbocycles. The number of hydrogen-bond donors (Lipinski definition) is 1. The number of aryl methyl sites for hydroxylation is 1. The summed E-state index contributed by atoms with van der Waals surface area (Å²) < 4.78 is 48.0. The second-order valence-electron chi connectivity index (χ2n) is 4.51. The molecule has 1 aromatic carbocycles. The minimum absolute atomic E-state index is 0.0297. The molecule has 5 nitrogen and oxygen atoms in total. The number of sulfonamides is 1. The monoisotopic (exact) mass is 305 g/mol. The lowest BCUT2D eigenvalue weighted by Crippen LogP contribution is -2.23. The highest BCUT2D eigenvalue weighted by molar-refractivity contribution is 7.91. The molecule has 1 N–H and O–H groups in total. The van der Waals surface area contributed by atoms with Gasteiger partial charge >= 0.3 is 0 Å². The third-order valence-corrected chi connectivity index (χ3v) is 5.08. The molecule has 0 heterocycles. The first-order valence-electron chi connectivity index (χ1n) is 5.95. The Bertz CT molecular complexity index is 621. The summed E-state index contributed by atoms with van der Waals surface area (Å²) in [5, 5.41) is 0. The largest absolute Gasteiger partial charge is 0.224 e.